The second kappa shape index (κ2) is 8.31. The third-order valence-corrected chi connectivity index (χ3v) is 1.99. The average Bonchev–Trinajstić information content (AvgIpc) is 2.32. The van der Waals surface area contributed by atoms with Crippen LogP contribution in [0.1, 0.15) is 0 Å². The maximum atomic E-state index is 10.4. The van der Waals surface area contributed by atoms with Crippen molar-refractivity contribution in [1.29, 1.82) is 0 Å². The summed E-state index contributed by atoms with van der Waals surface area (Å²) in [7, 11) is 0. The van der Waals surface area contributed by atoms with Crippen molar-refractivity contribution >= 4 is 0 Å². The van der Waals surface area contributed by atoms with Crippen molar-refractivity contribution in [1.82, 2.24) is 0 Å². The first-order chi connectivity index (χ1) is 7.58. The molecule has 0 saturated heterocycles. The van der Waals surface area contributed by atoms with E-state index in [1.54, 1.807) is 0 Å². The summed E-state index contributed by atoms with van der Waals surface area (Å²) in [6.07, 6.45) is -3.32. The molecule has 0 aliphatic rings. The molecule has 0 heterocycles. The predicted octanol–water partition coefficient (Wildman–Crippen LogP) is -1.60. The third kappa shape index (κ3) is 4.77. The van der Waals surface area contributed by atoms with Crippen LogP contribution in [0, 0.1) is 4.91 Å². The van der Waals surface area contributed by atoms with Crippen LogP contribution >= 0.6 is 0 Å². The third-order valence-electron chi connectivity index (χ3n) is 1.99. The van der Waals surface area contributed by atoms with Gasteiger partial charge in [0.2, 0.25) is 0 Å². The Kier molecular flexibility index (Phi) is 7.86. The Hall–Kier alpha value is -0.860. The molecule has 4 N–H and O–H groups in total. The van der Waals surface area contributed by atoms with E-state index in [9.17, 15) is 15.1 Å². The van der Waals surface area contributed by atoms with Crippen LogP contribution in [0.5, 0.6) is 0 Å². The van der Waals surface area contributed by atoms with Gasteiger partial charge in [-0.2, -0.15) is 4.91 Å². The van der Waals surface area contributed by atoms with Crippen molar-refractivity contribution < 1.29 is 25.2 Å². The van der Waals surface area contributed by atoms with Gasteiger partial charge in [-0.3, -0.25) is 0 Å². The number of aliphatic hydroxyl groups excluding tert-OH is 4. The lowest BCUT2D eigenvalue weighted by Crippen LogP contribution is -2.46. The molecule has 0 bridgehead atoms. The van der Waals surface area contributed by atoms with Gasteiger partial charge in [-0.1, -0.05) is 11.3 Å². The summed E-state index contributed by atoms with van der Waals surface area (Å²) in [5, 5.41) is 39.0. The lowest BCUT2D eigenvalue weighted by Gasteiger charge is -2.24. The zero-order chi connectivity index (χ0) is 12.6. The second-order valence-corrected chi connectivity index (χ2v) is 3.23. The summed E-state index contributed by atoms with van der Waals surface area (Å²) in [6.45, 7) is 2.64. The van der Waals surface area contributed by atoms with Crippen LogP contribution in [-0.4, -0.2) is 64.6 Å². The van der Waals surface area contributed by atoms with Crippen LogP contribution in [0.3, 0.4) is 0 Å². The minimum Gasteiger partial charge on any atom is -0.394 e. The molecule has 0 aromatic rings. The number of rotatable bonds is 9. The van der Waals surface area contributed by atoms with Crippen molar-refractivity contribution in [3.8, 4) is 0 Å². The van der Waals surface area contributed by atoms with Gasteiger partial charge in [-0.05, 0) is 0 Å². The first-order valence-electron chi connectivity index (χ1n) is 4.74. The first kappa shape index (κ1) is 15.1. The van der Waals surface area contributed by atoms with Gasteiger partial charge < -0.3 is 25.2 Å². The summed E-state index contributed by atoms with van der Waals surface area (Å²) < 4.78 is 4.89. The molecule has 0 aromatic carbocycles. The molecule has 4 unspecified atom stereocenters. The Bertz CT molecular complexity index is 212. The SMILES string of the molecule is C=CCOCC(N=O)C(O)C(O)C(O)CO. The van der Waals surface area contributed by atoms with Crippen LogP contribution in [0.2, 0.25) is 0 Å². The Morgan fingerprint density at radius 3 is 2.38 bits per heavy atom. The number of hydrogen-bond donors (Lipinski definition) is 4. The monoisotopic (exact) mass is 235 g/mol. The van der Waals surface area contributed by atoms with E-state index in [1.165, 1.54) is 6.08 Å². The lowest BCUT2D eigenvalue weighted by molar-refractivity contribution is -0.0895. The molecule has 0 radical (unpaired) electrons. The lowest BCUT2D eigenvalue weighted by atomic mass is 10.0. The maximum Gasteiger partial charge on any atom is 0.144 e. The van der Waals surface area contributed by atoms with E-state index in [2.05, 4.69) is 11.8 Å². The number of nitrogens with zero attached hydrogens (tertiary/aromatic N) is 1. The molecule has 0 aliphatic heterocycles. The first-order valence-corrected chi connectivity index (χ1v) is 4.74. The minimum absolute atomic E-state index is 0.178. The zero-order valence-corrected chi connectivity index (χ0v) is 8.77. The molecular formula is C9H17NO6. The van der Waals surface area contributed by atoms with Crippen molar-refractivity contribution in [2.24, 2.45) is 5.18 Å². The summed E-state index contributed by atoms with van der Waals surface area (Å²) >= 11 is 0. The van der Waals surface area contributed by atoms with Gasteiger partial charge in [0.05, 0.1) is 19.8 Å². The maximum absolute atomic E-state index is 10.4. The molecule has 0 rings (SSSR count). The fourth-order valence-electron chi connectivity index (χ4n) is 1.03. The molecule has 7 heteroatoms. The topological polar surface area (TPSA) is 120 Å². The highest BCUT2D eigenvalue weighted by molar-refractivity contribution is 4.85. The van der Waals surface area contributed by atoms with Gasteiger partial charge in [-0.15, -0.1) is 6.58 Å². The van der Waals surface area contributed by atoms with E-state index in [-0.39, 0.29) is 13.2 Å². The van der Waals surface area contributed by atoms with Crippen molar-refractivity contribution in [3.63, 3.8) is 0 Å². The second-order valence-electron chi connectivity index (χ2n) is 3.23. The highest BCUT2D eigenvalue weighted by Crippen LogP contribution is 2.08. The molecule has 94 valence electrons. The summed E-state index contributed by atoms with van der Waals surface area (Å²) in [5.74, 6) is 0. The van der Waals surface area contributed by atoms with Gasteiger partial charge in [0.15, 0.2) is 0 Å². The molecule has 4 atom stereocenters. The Morgan fingerprint density at radius 1 is 1.31 bits per heavy atom. The Balaban J connectivity index is 4.22. The van der Waals surface area contributed by atoms with E-state index in [0.717, 1.165) is 0 Å². The number of hydrogen-bond acceptors (Lipinski definition) is 7. The molecule has 0 fully saturated rings. The normalized spacial score (nSPS) is 18.5. The van der Waals surface area contributed by atoms with Crippen molar-refractivity contribution in [3.05, 3.63) is 17.6 Å². The standard InChI is InChI=1S/C9H17NO6/c1-2-3-16-5-6(10-15)8(13)9(14)7(12)4-11/h2,6-9,11-14H,1,3-5H2. The van der Waals surface area contributed by atoms with Crippen LogP contribution in [0.4, 0.5) is 0 Å². The van der Waals surface area contributed by atoms with E-state index in [4.69, 9.17) is 14.9 Å². The van der Waals surface area contributed by atoms with Crippen molar-refractivity contribution in [2.75, 3.05) is 19.8 Å². The molecule has 0 saturated carbocycles. The van der Waals surface area contributed by atoms with Gasteiger partial charge in [0, 0.05) is 0 Å². The van der Waals surface area contributed by atoms with Gasteiger partial charge in [0.1, 0.15) is 24.4 Å². The zero-order valence-electron chi connectivity index (χ0n) is 8.77. The molecule has 0 aromatic heterocycles. The van der Waals surface area contributed by atoms with E-state index in [0.29, 0.717) is 0 Å². The van der Waals surface area contributed by atoms with Crippen LogP contribution in [0.25, 0.3) is 0 Å². The molecule has 7 nitrogen and oxygen atoms in total. The predicted molar refractivity (Wildman–Crippen MR) is 55.7 cm³/mol. The van der Waals surface area contributed by atoms with E-state index in [1.807, 2.05) is 0 Å². The van der Waals surface area contributed by atoms with Crippen LogP contribution < -0.4 is 0 Å². The molecule has 0 aliphatic carbocycles. The fraction of sp³-hybridized carbons (Fsp3) is 0.778. The number of nitroso groups, excluding NO2 is 1. The van der Waals surface area contributed by atoms with E-state index < -0.39 is 31.0 Å². The molecule has 0 amide bonds. The Labute approximate surface area is 93.0 Å². The molecular weight excluding hydrogens is 218 g/mol. The summed E-state index contributed by atoms with van der Waals surface area (Å²) in [5.41, 5.74) is 0. The quantitative estimate of drug-likeness (QED) is 0.217. The minimum atomic E-state index is -1.65. The average molecular weight is 235 g/mol. The molecule has 16 heavy (non-hydrogen) atoms. The smallest absolute Gasteiger partial charge is 0.144 e. The highest BCUT2D eigenvalue weighted by Gasteiger charge is 2.32. The van der Waals surface area contributed by atoms with Crippen molar-refractivity contribution in [2.45, 2.75) is 24.4 Å². The molecule has 0 spiro atoms. The van der Waals surface area contributed by atoms with E-state index >= 15 is 0 Å². The van der Waals surface area contributed by atoms with Gasteiger partial charge in [-0.25, -0.2) is 0 Å². The van der Waals surface area contributed by atoms with Crippen LogP contribution in [-0.2, 0) is 4.74 Å². The largest absolute Gasteiger partial charge is 0.394 e. The number of aliphatic hydroxyl groups is 4. The highest BCUT2D eigenvalue weighted by atomic mass is 16.5. The van der Waals surface area contributed by atoms with Crippen LogP contribution in [0.15, 0.2) is 17.8 Å². The van der Waals surface area contributed by atoms with Gasteiger partial charge in [0.25, 0.3) is 0 Å². The number of ether oxygens (including phenoxy) is 1. The fourth-order valence-corrected chi connectivity index (χ4v) is 1.03. The summed E-state index contributed by atoms with van der Waals surface area (Å²) in [4.78, 5) is 10.4. The Morgan fingerprint density at radius 2 is 1.94 bits per heavy atom. The van der Waals surface area contributed by atoms with Gasteiger partial charge >= 0.3 is 0 Å². The summed E-state index contributed by atoms with van der Waals surface area (Å²) in [6, 6.07) is -1.21.